The zero-order chi connectivity index (χ0) is 13.7. The third kappa shape index (κ3) is 3.71. The van der Waals surface area contributed by atoms with Gasteiger partial charge in [0, 0.05) is 11.9 Å². The second-order valence-corrected chi connectivity index (χ2v) is 4.82. The topological polar surface area (TPSA) is 89.9 Å². The third-order valence-electron chi connectivity index (χ3n) is 2.59. The Morgan fingerprint density at radius 3 is 2.72 bits per heavy atom. The van der Waals surface area contributed by atoms with Gasteiger partial charge in [0.25, 0.3) is 0 Å². The fraction of sp³-hybridized carbons (Fsp3) is 0.455. The quantitative estimate of drug-likeness (QED) is 0.742. The van der Waals surface area contributed by atoms with Crippen LogP contribution in [-0.4, -0.2) is 46.8 Å². The van der Waals surface area contributed by atoms with Gasteiger partial charge in [0.1, 0.15) is 0 Å². The molecule has 0 saturated heterocycles. The smallest absolute Gasteiger partial charge is 0.334 e. The first-order chi connectivity index (χ1) is 8.43. The maximum Gasteiger partial charge on any atom is 0.334 e. The van der Waals surface area contributed by atoms with E-state index in [1.54, 1.807) is 18.4 Å². The van der Waals surface area contributed by atoms with Crippen molar-refractivity contribution >= 4 is 23.3 Å². The van der Waals surface area contributed by atoms with Crippen LogP contribution >= 0.6 is 11.3 Å². The molecule has 2 amide bonds. The van der Waals surface area contributed by atoms with Crippen molar-refractivity contribution in [2.45, 2.75) is 19.1 Å². The number of amides is 2. The number of carbonyl (C=O) groups excluding carboxylic acids is 1. The maximum absolute atomic E-state index is 11.7. The average Bonchev–Trinajstić information content (AvgIpc) is 2.87. The number of aliphatic hydroxyl groups is 1. The minimum Gasteiger partial charge on any atom is -0.479 e. The predicted octanol–water partition coefficient (Wildman–Crippen LogP) is 0.896. The van der Waals surface area contributed by atoms with Crippen LogP contribution < -0.4 is 5.32 Å². The molecule has 0 aliphatic carbocycles. The molecule has 0 spiro atoms. The predicted molar refractivity (Wildman–Crippen MR) is 67.5 cm³/mol. The van der Waals surface area contributed by atoms with Crippen molar-refractivity contribution in [1.82, 2.24) is 10.2 Å². The van der Waals surface area contributed by atoms with E-state index >= 15 is 0 Å². The number of aliphatic hydroxyl groups excluding tert-OH is 1. The number of hydrogen-bond donors (Lipinski definition) is 3. The SMILES string of the molecule is CC(c1cccs1)N(C)C(=O)NC[C@H](O)C(=O)O. The first-order valence-corrected chi connectivity index (χ1v) is 6.26. The van der Waals surface area contributed by atoms with Gasteiger partial charge in [-0.25, -0.2) is 9.59 Å². The summed E-state index contributed by atoms with van der Waals surface area (Å²) in [7, 11) is 1.62. The van der Waals surface area contributed by atoms with E-state index in [2.05, 4.69) is 5.32 Å². The second-order valence-electron chi connectivity index (χ2n) is 3.84. The number of nitrogens with one attached hydrogen (secondary N) is 1. The Morgan fingerprint density at radius 2 is 2.22 bits per heavy atom. The van der Waals surface area contributed by atoms with Crippen LogP contribution in [0.15, 0.2) is 17.5 Å². The highest BCUT2D eigenvalue weighted by molar-refractivity contribution is 7.10. The van der Waals surface area contributed by atoms with Crippen LogP contribution in [-0.2, 0) is 4.79 Å². The molecule has 1 aromatic rings. The Morgan fingerprint density at radius 1 is 1.56 bits per heavy atom. The molecule has 0 saturated carbocycles. The molecule has 0 aliphatic heterocycles. The Bertz CT molecular complexity index is 407. The zero-order valence-electron chi connectivity index (χ0n) is 10.2. The van der Waals surface area contributed by atoms with Gasteiger partial charge in [0.2, 0.25) is 0 Å². The molecule has 1 aromatic heterocycles. The molecule has 6 nitrogen and oxygen atoms in total. The average molecular weight is 272 g/mol. The first-order valence-electron chi connectivity index (χ1n) is 5.38. The third-order valence-corrected chi connectivity index (χ3v) is 3.63. The largest absolute Gasteiger partial charge is 0.479 e. The van der Waals surface area contributed by atoms with E-state index in [1.807, 2.05) is 24.4 Å². The van der Waals surface area contributed by atoms with E-state index in [0.717, 1.165) is 4.88 Å². The number of carbonyl (C=O) groups is 2. The van der Waals surface area contributed by atoms with Crippen LogP contribution in [0.1, 0.15) is 17.8 Å². The first kappa shape index (κ1) is 14.5. The molecule has 18 heavy (non-hydrogen) atoms. The van der Waals surface area contributed by atoms with E-state index in [4.69, 9.17) is 10.2 Å². The summed E-state index contributed by atoms with van der Waals surface area (Å²) in [5, 5.41) is 21.8. The minimum absolute atomic E-state index is 0.105. The van der Waals surface area contributed by atoms with E-state index in [1.165, 1.54) is 4.90 Å². The van der Waals surface area contributed by atoms with Crippen LogP contribution in [0, 0.1) is 0 Å². The number of aliphatic carboxylic acids is 1. The Hall–Kier alpha value is -1.60. The van der Waals surface area contributed by atoms with Gasteiger partial charge in [0.05, 0.1) is 12.6 Å². The summed E-state index contributed by atoms with van der Waals surface area (Å²) in [5.41, 5.74) is 0. The number of urea groups is 1. The van der Waals surface area contributed by atoms with Gasteiger partial charge in [-0.2, -0.15) is 0 Å². The van der Waals surface area contributed by atoms with Crippen molar-refractivity contribution in [3.8, 4) is 0 Å². The standard InChI is InChI=1S/C11H16N2O4S/c1-7(9-4-3-5-18-9)13(2)11(17)12-6-8(14)10(15)16/h3-5,7-8,14H,6H2,1-2H3,(H,12,17)(H,15,16)/t7?,8-/m0/s1. The summed E-state index contributed by atoms with van der Waals surface area (Å²) in [6, 6.07) is 3.30. The molecule has 0 aromatic carbocycles. The lowest BCUT2D eigenvalue weighted by molar-refractivity contribution is -0.146. The lowest BCUT2D eigenvalue weighted by atomic mass is 10.2. The minimum atomic E-state index is -1.58. The molecule has 3 N–H and O–H groups in total. The van der Waals surface area contributed by atoms with Gasteiger partial charge in [-0.15, -0.1) is 11.3 Å². The molecule has 1 heterocycles. The van der Waals surface area contributed by atoms with Crippen LogP contribution in [0.5, 0.6) is 0 Å². The van der Waals surface area contributed by atoms with Gasteiger partial charge < -0.3 is 20.4 Å². The molecular weight excluding hydrogens is 256 g/mol. The molecule has 0 radical (unpaired) electrons. The number of thiophene rings is 1. The summed E-state index contributed by atoms with van der Waals surface area (Å²) in [5.74, 6) is -1.36. The van der Waals surface area contributed by atoms with E-state index < -0.39 is 18.1 Å². The van der Waals surface area contributed by atoms with Gasteiger partial charge in [-0.05, 0) is 18.4 Å². The normalized spacial score (nSPS) is 13.7. The zero-order valence-corrected chi connectivity index (χ0v) is 11.0. The van der Waals surface area contributed by atoms with E-state index in [-0.39, 0.29) is 12.6 Å². The van der Waals surface area contributed by atoms with Crippen molar-refractivity contribution in [1.29, 1.82) is 0 Å². The monoisotopic (exact) mass is 272 g/mol. The van der Waals surface area contributed by atoms with Gasteiger partial charge in [-0.3, -0.25) is 0 Å². The van der Waals surface area contributed by atoms with E-state index in [0.29, 0.717) is 0 Å². The summed E-state index contributed by atoms with van der Waals surface area (Å²) in [6.45, 7) is 1.56. The Labute approximate surface area is 109 Å². The van der Waals surface area contributed by atoms with Gasteiger partial charge in [-0.1, -0.05) is 6.07 Å². The Balaban J connectivity index is 2.49. The molecule has 2 atom stereocenters. The second kappa shape index (κ2) is 6.36. The molecule has 100 valence electrons. The summed E-state index contributed by atoms with van der Waals surface area (Å²) in [6.07, 6.45) is -1.58. The lowest BCUT2D eigenvalue weighted by Gasteiger charge is -2.24. The van der Waals surface area contributed by atoms with Crippen molar-refractivity contribution in [3.63, 3.8) is 0 Å². The number of hydrogen-bond acceptors (Lipinski definition) is 4. The molecule has 7 heteroatoms. The highest BCUT2D eigenvalue weighted by Crippen LogP contribution is 2.23. The van der Waals surface area contributed by atoms with Gasteiger partial charge in [0.15, 0.2) is 6.10 Å². The summed E-state index contributed by atoms with van der Waals surface area (Å²) >= 11 is 1.54. The summed E-state index contributed by atoms with van der Waals surface area (Å²) in [4.78, 5) is 24.6. The van der Waals surface area contributed by atoms with Gasteiger partial charge >= 0.3 is 12.0 Å². The Kier molecular flexibility index (Phi) is 5.11. The van der Waals surface area contributed by atoms with Crippen LogP contribution in [0.3, 0.4) is 0 Å². The number of carboxylic acids is 1. The number of nitrogens with zero attached hydrogens (tertiary/aromatic N) is 1. The lowest BCUT2D eigenvalue weighted by Crippen LogP contribution is -2.43. The number of rotatable bonds is 5. The fourth-order valence-corrected chi connectivity index (χ4v) is 2.12. The maximum atomic E-state index is 11.7. The molecule has 0 fully saturated rings. The van der Waals surface area contributed by atoms with Crippen molar-refractivity contribution < 1.29 is 19.8 Å². The van der Waals surface area contributed by atoms with Crippen molar-refractivity contribution in [3.05, 3.63) is 22.4 Å². The molecular formula is C11H16N2O4S. The molecule has 1 rings (SSSR count). The highest BCUT2D eigenvalue weighted by atomic mass is 32.1. The highest BCUT2D eigenvalue weighted by Gasteiger charge is 2.20. The number of carboxylic acid groups (broad SMARTS) is 1. The molecule has 1 unspecified atom stereocenters. The van der Waals surface area contributed by atoms with Crippen molar-refractivity contribution in [2.75, 3.05) is 13.6 Å². The van der Waals surface area contributed by atoms with Crippen LogP contribution in [0.4, 0.5) is 4.79 Å². The van der Waals surface area contributed by atoms with Crippen molar-refractivity contribution in [2.24, 2.45) is 0 Å². The fourth-order valence-electron chi connectivity index (χ4n) is 1.29. The molecule has 0 aliphatic rings. The van der Waals surface area contributed by atoms with E-state index in [9.17, 15) is 9.59 Å². The summed E-state index contributed by atoms with van der Waals surface area (Å²) < 4.78 is 0. The molecule has 0 bridgehead atoms. The van der Waals surface area contributed by atoms with Crippen LogP contribution in [0.25, 0.3) is 0 Å². The van der Waals surface area contributed by atoms with Crippen LogP contribution in [0.2, 0.25) is 0 Å².